The van der Waals surface area contributed by atoms with Crippen LogP contribution in [-0.2, 0) is 4.79 Å². The van der Waals surface area contributed by atoms with E-state index in [9.17, 15) is 9.90 Å². The van der Waals surface area contributed by atoms with Gasteiger partial charge in [-0.15, -0.1) is 0 Å². The highest BCUT2D eigenvalue weighted by atomic mass is 16.5. The van der Waals surface area contributed by atoms with Crippen LogP contribution in [0.2, 0.25) is 0 Å². The van der Waals surface area contributed by atoms with Crippen molar-refractivity contribution in [2.24, 2.45) is 5.41 Å². The number of ether oxygens (including phenoxy) is 1. The topological polar surface area (TPSA) is 58.6 Å². The van der Waals surface area contributed by atoms with Crippen molar-refractivity contribution in [3.8, 4) is 5.75 Å². The van der Waals surface area contributed by atoms with Crippen molar-refractivity contribution >= 4 is 5.91 Å². The molecular weight excluding hydrogens is 278 g/mol. The van der Waals surface area contributed by atoms with Gasteiger partial charge in [-0.3, -0.25) is 4.79 Å². The minimum Gasteiger partial charge on any atom is -0.497 e. The van der Waals surface area contributed by atoms with Gasteiger partial charge in [-0.25, -0.2) is 0 Å². The van der Waals surface area contributed by atoms with Gasteiger partial charge in [0.05, 0.1) is 7.11 Å². The predicted molar refractivity (Wildman–Crippen MR) is 88.9 cm³/mol. The van der Waals surface area contributed by atoms with Gasteiger partial charge in [0, 0.05) is 5.54 Å². The molecule has 4 nitrogen and oxygen atoms in total. The number of carbonyl (C=O) groups excluding carboxylic acids is 1. The van der Waals surface area contributed by atoms with Gasteiger partial charge in [0.1, 0.15) is 5.75 Å². The molecule has 1 rings (SSSR count). The summed E-state index contributed by atoms with van der Waals surface area (Å²) in [6, 6.07) is 6.87. The molecule has 22 heavy (non-hydrogen) atoms. The minimum atomic E-state index is -1.17. The summed E-state index contributed by atoms with van der Waals surface area (Å²) in [7, 11) is 1.58. The number of aliphatic hydroxyl groups is 1. The first-order valence-corrected chi connectivity index (χ1v) is 7.74. The van der Waals surface area contributed by atoms with Gasteiger partial charge in [0.25, 0.3) is 5.91 Å². The van der Waals surface area contributed by atoms with Crippen molar-refractivity contribution in [3.05, 3.63) is 29.8 Å². The maximum absolute atomic E-state index is 12.3. The normalized spacial score (nSPS) is 13.6. The molecule has 0 saturated carbocycles. The number of nitrogens with one attached hydrogen (secondary N) is 1. The molecule has 0 aliphatic carbocycles. The third-order valence-corrected chi connectivity index (χ3v) is 4.02. The van der Waals surface area contributed by atoms with E-state index in [-0.39, 0.29) is 16.9 Å². The lowest BCUT2D eigenvalue weighted by molar-refractivity contribution is -0.131. The Morgan fingerprint density at radius 3 is 2.23 bits per heavy atom. The van der Waals surface area contributed by atoms with Crippen molar-refractivity contribution in [2.75, 3.05) is 7.11 Å². The maximum Gasteiger partial charge on any atom is 0.253 e. The summed E-state index contributed by atoms with van der Waals surface area (Å²) in [6.07, 6.45) is 0.708. The largest absolute Gasteiger partial charge is 0.497 e. The van der Waals surface area contributed by atoms with E-state index in [4.69, 9.17) is 4.74 Å². The fourth-order valence-electron chi connectivity index (χ4n) is 2.71. The van der Waals surface area contributed by atoms with Crippen molar-refractivity contribution < 1.29 is 14.6 Å². The number of aliphatic hydroxyl groups excluding tert-OH is 1. The van der Waals surface area contributed by atoms with Crippen molar-refractivity contribution in [1.29, 1.82) is 0 Å². The zero-order valence-electron chi connectivity index (χ0n) is 14.6. The molecule has 1 aromatic carbocycles. The first kappa shape index (κ1) is 18.5. The van der Waals surface area contributed by atoms with Crippen LogP contribution in [-0.4, -0.2) is 23.7 Å². The molecular formula is C18H29NO3. The van der Waals surface area contributed by atoms with Gasteiger partial charge in [-0.2, -0.15) is 0 Å². The van der Waals surface area contributed by atoms with Crippen LogP contribution in [0.5, 0.6) is 5.75 Å². The first-order chi connectivity index (χ1) is 10.1. The van der Waals surface area contributed by atoms with Crippen LogP contribution in [0.1, 0.15) is 59.1 Å². The monoisotopic (exact) mass is 307 g/mol. The molecule has 1 aromatic rings. The van der Waals surface area contributed by atoms with Gasteiger partial charge < -0.3 is 15.2 Å². The van der Waals surface area contributed by atoms with E-state index in [1.165, 1.54) is 0 Å². The molecule has 1 atom stereocenters. The third kappa shape index (κ3) is 5.34. The van der Waals surface area contributed by atoms with Crippen molar-refractivity contribution in [2.45, 2.75) is 59.1 Å². The molecule has 0 saturated heterocycles. The second-order valence-electron chi connectivity index (χ2n) is 7.24. The number of hydrogen-bond acceptors (Lipinski definition) is 3. The highest BCUT2D eigenvalue weighted by Crippen LogP contribution is 2.31. The Kier molecular flexibility index (Phi) is 6.00. The Bertz CT molecular complexity index is 492. The average Bonchev–Trinajstić information content (AvgIpc) is 2.45. The number of carbonyl (C=O) groups is 1. The lowest BCUT2D eigenvalue weighted by Gasteiger charge is -2.35. The fraction of sp³-hybridized carbons (Fsp3) is 0.611. The van der Waals surface area contributed by atoms with Crippen LogP contribution >= 0.6 is 0 Å². The van der Waals surface area contributed by atoms with Crippen LogP contribution in [0.15, 0.2) is 24.3 Å². The SMILES string of the molecule is CCC(C)(C)CC(C)(C)NC(=O)C(O)c1ccc(OC)cc1. The summed E-state index contributed by atoms with van der Waals surface area (Å²) in [5.41, 5.74) is 0.329. The number of rotatable bonds is 7. The van der Waals surface area contributed by atoms with Crippen LogP contribution in [0.4, 0.5) is 0 Å². The Labute approximate surface area is 133 Å². The molecule has 0 bridgehead atoms. The first-order valence-electron chi connectivity index (χ1n) is 7.74. The summed E-state index contributed by atoms with van der Waals surface area (Å²) >= 11 is 0. The van der Waals surface area contributed by atoms with Gasteiger partial charge in [0.15, 0.2) is 6.10 Å². The predicted octanol–water partition coefficient (Wildman–Crippen LogP) is 3.45. The van der Waals surface area contributed by atoms with Crippen LogP contribution in [0.25, 0.3) is 0 Å². The minimum absolute atomic E-state index is 0.141. The van der Waals surface area contributed by atoms with E-state index in [2.05, 4.69) is 26.1 Å². The zero-order valence-corrected chi connectivity index (χ0v) is 14.6. The molecule has 124 valence electrons. The molecule has 1 unspecified atom stereocenters. The number of benzene rings is 1. The molecule has 0 spiro atoms. The van der Waals surface area contributed by atoms with Crippen LogP contribution in [0.3, 0.4) is 0 Å². The smallest absolute Gasteiger partial charge is 0.253 e. The second kappa shape index (κ2) is 7.14. The molecule has 0 aliphatic heterocycles. The van der Waals surface area contributed by atoms with Crippen molar-refractivity contribution in [1.82, 2.24) is 5.32 Å². The lowest BCUT2D eigenvalue weighted by Crippen LogP contribution is -2.47. The van der Waals surface area contributed by atoms with Gasteiger partial charge in [-0.1, -0.05) is 39.3 Å². The van der Waals surface area contributed by atoms with Crippen LogP contribution in [0, 0.1) is 5.41 Å². The summed E-state index contributed by atoms with van der Waals surface area (Å²) < 4.78 is 5.07. The zero-order chi connectivity index (χ0) is 17.0. The molecule has 0 aromatic heterocycles. The Morgan fingerprint density at radius 1 is 1.23 bits per heavy atom. The molecule has 0 heterocycles. The Morgan fingerprint density at radius 2 is 1.77 bits per heavy atom. The summed E-state index contributed by atoms with van der Waals surface area (Å²) in [5.74, 6) is 0.323. The number of amides is 1. The fourth-order valence-corrected chi connectivity index (χ4v) is 2.71. The molecule has 1 amide bonds. The van der Waals surface area contributed by atoms with Gasteiger partial charge >= 0.3 is 0 Å². The summed E-state index contributed by atoms with van der Waals surface area (Å²) in [5, 5.41) is 13.2. The summed E-state index contributed by atoms with van der Waals surface area (Å²) in [6.45, 7) is 10.5. The van der Waals surface area contributed by atoms with E-state index in [0.29, 0.717) is 11.3 Å². The van der Waals surface area contributed by atoms with Gasteiger partial charge in [0.2, 0.25) is 0 Å². The second-order valence-corrected chi connectivity index (χ2v) is 7.24. The van der Waals surface area contributed by atoms with E-state index in [1.54, 1.807) is 31.4 Å². The van der Waals surface area contributed by atoms with E-state index in [1.807, 2.05) is 13.8 Å². The standard InChI is InChI=1S/C18H29NO3/c1-7-17(2,3)12-18(4,5)19-16(21)15(20)13-8-10-14(22-6)11-9-13/h8-11,15,20H,7,12H2,1-6H3,(H,19,21). The maximum atomic E-state index is 12.3. The summed E-state index contributed by atoms with van der Waals surface area (Å²) in [4.78, 5) is 12.3. The highest BCUT2D eigenvalue weighted by molar-refractivity contribution is 5.82. The third-order valence-electron chi connectivity index (χ3n) is 4.02. The highest BCUT2D eigenvalue weighted by Gasteiger charge is 2.31. The Hall–Kier alpha value is -1.55. The molecule has 0 radical (unpaired) electrons. The average molecular weight is 307 g/mol. The molecule has 4 heteroatoms. The lowest BCUT2D eigenvalue weighted by atomic mass is 9.78. The number of methoxy groups -OCH3 is 1. The van der Waals surface area contributed by atoms with Gasteiger partial charge in [-0.05, 0) is 43.4 Å². The number of hydrogen-bond donors (Lipinski definition) is 2. The molecule has 2 N–H and O–H groups in total. The van der Waals surface area contributed by atoms with E-state index >= 15 is 0 Å². The molecule has 0 fully saturated rings. The Balaban J connectivity index is 2.73. The van der Waals surface area contributed by atoms with Crippen molar-refractivity contribution in [3.63, 3.8) is 0 Å². The molecule has 0 aliphatic rings. The van der Waals surface area contributed by atoms with E-state index < -0.39 is 6.10 Å². The quantitative estimate of drug-likeness (QED) is 0.811. The van der Waals surface area contributed by atoms with Crippen LogP contribution < -0.4 is 10.1 Å². The van der Waals surface area contributed by atoms with E-state index in [0.717, 1.165) is 12.8 Å².